The summed E-state index contributed by atoms with van der Waals surface area (Å²) in [5.41, 5.74) is 7.90. The molecule has 2 aromatic heterocycles. The molecule has 2 nitrogen and oxygen atoms in total. The van der Waals surface area contributed by atoms with Gasteiger partial charge in [-0.1, -0.05) is 42.8 Å². The zero-order chi connectivity index (χ0) is 21.8. The van der Waals surface area contributed by atoms with Gasteiger partial charge in [-0.25, -0.2) is 0 Å². The summed E-state index contributed by atoms with van der Waals surface area (Å²) >= 11 is 0. The predicted molar refractivity (Wildman–Crippen MR) is 135 cm³/mol. The minimum absolute atomic E-state index is 0.873. The molecule has 2 fully saturated rings. The molecule has 2 heterocycles. The lowest BCUT2D eigenvalue weighted by Gasteiger charge is -2.21. The van der Waals surface area contributed by atoms with E-state index < -0.39 is 0 Å². The van der Waals surface area contributed by atoms with E-state index in [9.17, 15) is 0 Å². The van der Waals surface area contributed by atoms with Gasteiger partial charge in [0.25, 0.3) is 0 Å². The van der Waals surface area contributed by atoms with Crippen molar-refractivity contribution in [2.45, 2.75) is 32.1 Å². The zero-order valence-corrected chi connectivity index (χ0v) is 18.7. The number of nitrogens with zero attached hydrogens (tertiary/aromatic N) is 1. The third-order valence-electron chi connectivity index (χ3n) is 8.08. The molecule has 3 unspecified atom stereocenters. The highest BCUT2D eigenvalue weighted by atomic mass is 16.3. The van der Waals surface area contributed by atoms with Gasteiger partial charge in [-0.2, -0.15) is 0 Å². The van der Waals surface area contributed by atoms with Gasteiger partial charge in [-0.3, -0.25) is 4.98 Å². The SMILES string of the molecule is c1ccc(-c2ccc3c(c2)oc2ccc(-c4cc(CC5CC6CCC5C6)ccn4)cc23)cc1. The van der Waals surface area contributed by atoms with Crippen molar-refractivity contribution in [2.24, 2.45) is 17.8 Å². The average Bonchev–Trinajstić information content (AvgIpc) is 3.58. The van der Waals surface area contributed by atoms with Crippen LogP contribution in [0.5, 0.6) is 0 Å². The van der Waals surface area contributed by atoms with E-state index in [1.165, 1.54) is 48.8 Å². The van der Waals surface area contributed by atoms with Crippen LogP contribution < -0.4 is 0 Å². The van der Waals surface area contributed by atoms with Gasteiger partial charge in [-0.15, -0.1) is 0 Å². The molecule has 3 atom stereocenters. The molecule has 33 heavy (non-hydrogen) atoms. The molecule has 2 aliphatic carbocycles. The van der Waals surface area contributed by atoms with Crippen molar-refractivity contribution in [2.75, 3.05) is 0 Å². The fourth-order valence-corrected chi connectivity index (χ4v) is 6.44. The van der Waals surface area contributed by atoms with Gasteiger partial charge in [0.2, 0.25) is 0 Å². The Hall–Kier alpha value is -3.39. The summed E-state index contributed by atoms with van der Waals surface area (Å²) in [4.78, 5) is 4.73. The fraction of sp³-hybridized carbons (Fsp3) is 0.258. The summed E-state index contributed by atoms with van der Waals surface area (Å²) in [5.74, 6) is 2.83. The highest BCUT2D eigenvalue weighted by Crippen LogP contribution is 2.49. The quantitative estimate of drug-likeness (QED) is 0.287. The molecular formula is C31H27NO. The van der Waals surface area contributed by atoms with Crippen LogP contribution in [0.3, 0.4) is 0 Å². The van der Waals surface area contributed by atoms with E-state index in [-0.39, 0.29) is 0 Å². The van der Waals surface area contributed by atoms with Crippen LogP contribution in [0, 0.1) is 17.8 Å². The Morgan fingerprint density at radius 3 is 2.48 bits per heavy atom. The third-order valence-corrected chi connectivity index (χ3v) is 8.08. The monoisotopic (exact) mass is 429 g/mol. The van der Waals surface area contributed by atoms with Gasteiger partial charge >= 0.3 is 0 Å². The average molecular weight is 430 g/mol. The standard InChI is InChI=1S/C31H27NO/c1-2-4-22(5-3-1)24-8-10-27-28-18-25(9-11-30(28)33-31(27)19-24)29-17-21(12-13-32-29)16-26-15-20-6-7-23(26)14-20/h1-5,8-13,17-20,23,26H,6-7,14-16H2. The van der Waals surface area contributed by atoms with Crippen LogP contribution in [0.1, 0.15) is 31.2 Å². The van der Waals surface area contributed by atoms with Crippen molar-refractivity contribution in [1.82, 2.24) is 4.98 Å². The fourth-order valence-electron chi connectivity index (χ4n) is 6.44. The maximum Gasteiger partial charge on any atom is 0.136 e. The second-order valence-corrected chi connectivity index (χ2v) is 10.1. The van der Waals surface area contributed by atoms with E-state index in [4.69, 9.17) is 9.40 Å². The normalized spacial score (nSPS) is 21.9. The van der Waals surface area contributed by atoms with Gasteiger partial charge in [0.1, 0.15) is 11.2 Å². The number of furan rings is 1. The van der Waals surface area contributed by atoms with Crippen molar-refractivity contribution in [3.05, 3.63) is 90.6 Å². The second-order valence-electron chi connectivity index (χ2n) is 10.1. The van der Waals surface area contributed by atoms with Crippen LogP contribution in [0.25, 0.3) is 44.3 Å². The van der Waals surface area contributed by atoms with E-state index in [1.54, 1.807) is 0 Å². The van der Waals surface area contributed by atoms with Crippen LogP contribution in [0.2, 0.25) is 0 Å². The molecule has 2 saturated carbocycles. The Labute approximate surface area is 194 Å². The van der Waals surface area contributed by atoms with Crippen LogP contribution in [0.4, 0.5) is 0 Å². The molecule has 3 aromatic carbocycles. The molecule has 2 aliphatic rings. The van der Waals surface area contributed by atoms with Gasteiger partial charge < -0.3 is 4.42 Å². The minimum atomic E-state index is 0.873. The topological polar surface area (TPSA) is 26.0 Å². The molecule has 5 aromatic rings. The number of pyridine rings is 1. The Morgan fingerprint density at radius 2 is 1.64 bits per heavy atom. The summed E-state index contributed by atoms with van der Waals surface area (Å²) in [6.07, 6.45) is 9.01. The molecule has 0 saturated heterocycles. The first-order valence-electron chi connectivity index (χ1n) is 12.3. The lowest BCUT2D eigenvalue weighted by Crippen LogP contribution is -2.13. The van der Waals surface area contributed by atoms with Crippen LogP contribution in [0.15, 0.2) is 89.5 Å². The van der Waals surface area contributed by atoms with Crippen LogP contribution in [-0.4, -0.2) is 4.98 Å². The smallest absolute Gasteiger partial charge is 0.136 e. The van der Waals surface area contributed by atoms with E-state index in [0.717, 1.165) is 50.9 Å². The highest BCUT2D eigenvalue weighted by Gasteiger charge is 2.39. The van der Waals surface area contributed by atoms with Crippen molar-refractivity contribution >= 4 is 21.9 Å². The first-order valence-corrected chi connectivity index (χ1v) is 12.3. The second kappa shape index (κ2) is 7.59. The lowest BCUT2D eigenvalue weighted by molar-refractivity contribution is 0.331. The van der Waals surface area contributed by atoms with E-state index in [0.29, 0.717) is 0 Å². The Kier molecular flexibility index (Phi) is 4.40. The third kappa shape index (κ3) is 3.36. The maximum atomic E-state index is 6.23. The van der Waals surface area contributed by atoms with Crippen LogP contribution >= 0.6 is 0 Å². The van der Waals surface area contributed by atoms with E-state index in [1.807, 2.05) is 12.3 Å². The predicted octanol–water partition coefficient (Wildman–Crippen LogP) is 8.29. The summed E-state index contributed by atoms with van der Waals surface area (Å²) in [5, 5.41) is 2.31. The van der Waals surface area contributed by atoms with Crippen molar-refractivity contribution in [3.63, 3.8) is 0 Å². The zero-order valence-electron chi connectivity index (χ0n) is 18.7. The van der Waals surface area contributed by atoms with Crippen molar-refractivity contribution in [1.29, 1.82) is 0 Å². The maximum absolute atomic E-state index is 6.23. The number of hydrogen-bond acceptors (Lipinski definition) is 2. The Balaban J connectivity index is 1.23. The molecular weight excluding hydrogens is 402 g/mol. The number of fused-ring (bicyclic) bond motifs is 5. The van der Waals surface area contributed by atoms with E-state index in [2.05, 4.69) is 72.8 Å². The Bertz CT molecular complexity index is 1460. The lowest BCUT2D eigenvalue weighted by atomic mass is 9.84. The van der Waals surface area contributed by atoms with Gasteiger partial charge in [0, 0.05) is 22.5 Å². The minimum Gasteiger partial charge on any atom is -0.456 e. The van der Waals surface area contributed by atoms with E-state index >= 15 is 0 Å². The van der Waals surface area contributed by atoms with Gasteiger partial charge in [-0.05, 0) is 103 Å². The summed E-state index contributed by atoms with van der Waals surface area (Å²) in [7, 11) is 0. The molecule has 0 amide bonds. The molecule has 0 spiro atoms. The van der Waals surface area contributed by atoms with Crippen LogP contribution in [-0.2, 0) is 6.42 Å². The molecule has 7 rings (SSSR count). The summed E-state index contributed by atoms with van der Waals surface area (Å²) in [6.45, 7) is 0. The molecule has 0 aliphatic heterocycles. The highest BCUT2D eigenvalue weighted by molar-refractivity contribution is 6.07. The number of benzene rings is 3. The molecule has 0 N–H and O–H groups in total. The molecule has 2 bridgehead atoms. The number of aromatic nitrogens is 1. The van der Waals surface area contributed by atoms with Gasteiger partial charge in [0.05, 0.1) is 5.69 Å². The summed E-state index contributed by atoms with van der Waals surface area (Å²) < 4.78 is 6.23. The van der Waals surface area contributed by atoms with Crippen molar-refractivity contribution < 1.29 is 4.42 Å². The van der Waals surface area contributed by atoms with Gasteiger partial charge in [0.15, 0.2) is 0 Å². The van der Waals surface area contributed by atoms with Crippen molar-refractivity contribution in [3.8, 4) is 22.4 Å². The largest absolute Gasteiger partial charge is 0.456 e. The number of hydrogen-bond donors (Lipinski definition) is 0. The Morgan fingerprint density at radius 1 is 0.727 bits per heavy atom. The molecule has 2 heteroatoms. The molecule has 0 radical (unpaired) electrons. The first kappa shape index (κ1) is 19.1. The molecule has 162 valence electrons. The first-order chi connectivity index (χ1) is 16.3. The number of rotatable bonds is 4. The summed E-state index contributed by atoms with van der Waals surface area (Å²) in [6, 6.07) is 28.0.